The number of hydrogen-bond acceptors (Lipinski definition) is 5. The first-order valence-electron chi connectivity index (χ1n) is 5.26. The van der Waals surface area contributed by atoms with Gasteiger partial charge < -0.3 is 10.1 Å². The number of rotatable bonds is 4. The van der Waals surface area contributed by atoms with Crippen molar-refractivity contribution in [3.05, 3.63) is 49.7 Å². The fraction of sp³-hybridized carbons (Fsp3) is 0.100. The van der Waals surface area contributed by atoms with Gasteiger partial charge in [-0.15, -0.1) is 0 Å². The Morgan fingerprint density at radius 1 is 1.35 bits per heavy atom. The van der Waals surface area contributed by atoms with Crippen molar-refractivity contribution >= 4 is 38.4 Å². The van der Waals surface area contributed by atoms with Crippen molar-refractivity contribution in [3.63, 3.8) is 0 Å². The highest BCUT2D eigenvalue weighted by Crippen LogP contribution is 2.20. The first-order valence-corrected chi connectivity index (χ1v) is 7.89. The summed E-state index contributed by atoms with van der Waals surface area (Å²) in [6.07, 6.45) is 1.06. The van der Waals surface area contributed by atoms with E-state index >= 15 is 0 Å². The van der Waals surface area contributed by atoms with Crippen LogP contribution in [-0.2, 0) is 16.6 Å². The number of hydrogen-bond donors (Lipinski definition) is 1. The summed E-state index contributed by atoms with van der Waals surface area (Å²) in [7, 11) is -4.18. The second-order valence-electron chi connectivity index (χ2n) is 3.94. The number of aromatic nitrogens is 2. The fourth-order valence-electron chi connectivity index (χ4n) is 1.58. The van der Waals surface area contributed by atoms with Crippen molar-refractivity contribution < 1.29 is 13.3 Å². The molecule has 0 amide bonds. The van der Waals surface area contributed by atoms with Gasteiger partial charge in [-0.05, 0) is 45.2 Å². The lowest BCUT2D eigenvalue weighted by Gasteiger charge is -1.98. The largest absolute Gasteiger partial charge is 0.410 e. The Morgan fingerprint density at radius 3 is 2.40 bits per heavy atom. The van der Waals surface area contributed by atoms with E-state index < -0.39 is 25.7 Å². The molecule has 1 heterocycles. The topological polar surface area (TPSA) is 121 Å². The summed E-state index contributed by atoms with van der Waals surface area (Å²) in [6, 6.07) is 7.39. The van der Waals surface area contributed by atoms with Crippen molar-refractivity contribution in [3.8, 4) is 0 Å². The summed E-state index contributed by atoms with van der Waals surface area (Å²) < 4.78 is 24.8. The molecule has 0 saturated carbocycles. The molecule has 2 N–H and O–H groups in total. The van der Waals surface area contributed by atoms with Crippen LogP contribution in [0.25, 0.3) is 0 Å². The van der Waals surface area contributed by atoms with E-state index in [-0.39, 0.29) is 6.54 Å². The molecular formula is C10H9IN4O4S. The second kappa shape index (κ2) is 5.46. The molecule has 106 valence electrons. The van der Waals surface area contributed by atoms with Crippen LogP contribution in [0.1, 0.15) is 5.56 Å². The lowest BCUT2D eigenvalue weighted by Crippen LogP contribution is -2.13. The number of nitro groups is 1. The maximum atomic E-state index is 11.3. The van der Waals surface area contributed by atoms with E-state index in [0.29, 0.717) is 0 Å². The highest BCUT2D eigenvalue weighted by Gasteiger charge is 2.28. The van der Waals surface area contributed by atoms with Crippen molar-refractivity contribution in [2.75, 3.05) is 0 Å². The smallest absolute Gasteiger partial charge is 0.358 e. The molecule has 1 aromatic carbocycles. The second-order valence-corrected chi connectivity index (χ2v) is 6.72. The molecule has 0 saturated heterocycles. The van der Waals surface area contributed by atoms with E-state index in [2.05, 4.69) is 27.7 Å². The van der Waals surface area contributed by atoms with Crippen molar-refractivity contribution in [2.24, 2.45) is 5.14 Å². The molecule has 0 aliphatic heterocycles. The van der Waals surface area contributed by atoms with Crippen LogP contribution in [-0.4, -0.2) is 23.1 Å². The van der Waals surface area contributed by atoms with E-state index in [1.807, 2.05) is 24.3 Å². The Bertz CT molecular complexity index is 754. The third-order valence-electron chi connectivity index (χ3n) is 2.45. The van der Waals surface area contributed by atoms with Crippen LogP contribution in [0.15, 0.2) is 35.4 Å². The van der Waals surface area contributed by atoms with Crippen LogP contribution >= 0.6 is 22.6 Å². The van der Waals surface area contributed by atoms with Crippen LogP contribution in [0.2, 0.25) is 0 Å². The molecule has 0 aliphatic carbocycles. The highest BCUT2D eigenvalue weighted by molar-refractivity contribution is 14.1. The van der Waals surface area contributed by atoms with Gasteiger partial charge in [-0.25, -0.2) is 13.6 Å². The Hall–Kier alpha value is -1.53. The normalized spacial score (nSPS) is 11.5. The van der Waals surface area contributed by atoms with Gasteiger partial charge in [0.25, 0.3) is 0 Å². The van der Waals surface area contributed by atoms with Crippen molar-refractivity contribution in [1.82, 2.24) is 9.78 Å². The van der Waals surface area contributed by atoms with Gasteiger partial charge in [0.05, 0.1) is 17.8 Å². The maximum Gasteiger partial charge on any atom is 0.410 e. The fourth-order valence-corrected chi connectivity index (χ4v) is 2.58. The number of halogens is 1. The number of benzene rings is 1. The third kappa shape index (κ3) is 3.32. The summed E-state index contributed by atoms with van der Waals surface area (Å²) in [5, 5.41) is 19.4. The molecular weight excluding hydrogens is 399 g/mol. The predicted octanol–water partition coefficient (Wildman–Crippen LogP) is 1.09. The molecule has 0 spiro atoms. The molecule has 2 aromatic rings. The summed E-state index contributed by atoms with van der Waals surface area (Å²) in [5.74, 6) is -0.766. The Morgan fingerprint density at radius 2 is 1.95 bits per heavy atom. The minimum atomic E-state index is -4.18. The molecule has 0 aliphatic rings. The van der Waals surface area contributed by atoms with Crippen molar-refractivity contribution in [1.29, 1.82) is 0 Å². The van der Waals surface area contributed by atoms with Gasteiger partial charge in [-0.2, -0.15) is 4.68 Å². The van der Waals surface area contributed by atoms with Crippen molar-refractivity contribution in [2.45, 2.75) is 11.4 Å². The first kappa shape index (κ1) is 14.9. The first-order chi connectivity index (χ1) is 9.27. The van der Waals surface area contributed by atoms with E-state index in [9.17, 15) is 18.5 Å². The van der Waals surface area contributed by atoms with Gasteiger partial charge in [0.2, 0.25) is 14.9 Å². The van der Waals surface area contributed by atoms with Crippen LogP contribution in [0.5, 0.6) is 0 Å². The molecule has 0 atom stereocenters. The molecule has 0 bridgehead atoms. The zero-order valence-electron chi connectivity index (χ0n) is 9.93. The minimum absolute atomic E-state index is 0.216. The summed E-state index contributed by atoms with van der Waals surface area (Å²) in [4.78, 5) is 9.33. The Balaban J connectivity index is 2.39. The number of primary sulfonamides is 1. The predicted molar refractivity (Wildman–Crippen MR) is 78.5 cm³/mol. The van der Waals surface area contributed by atoms with Crippen LogP contribution in [0.4, 0.5) is 5.82 Å². The van der Waals surface area contributed by atoms with Gasteiger partial charge in [0.1, 0.15) is 0 Å². The maximum absolute atomic E-state index is 11.3. The molecule has 20 heavy (non-hydrogen) atoms. The van der Waals surface area contributed by atoms with Gasteiger partial charge in [0, 0.05) is 3.57 Å². The zero-order chi connectivity index (χ0) is 14.9. The number of sulfonamides is 1. The number of nitrogens with two attached hydrogens (primary N) is 1. The van der Waals surface area contributed by atoms with E-state index in [1.54, 1.807) is 0 Å². The SMILES string of the molecule is NS(=O)(=O)c1cn(Cc2ccc(I)cc2)nc1[N+](=O)[O-]. The standard InChI is InChI=1S/C10H9IN4O4S/c11-8-3-1-7(2-4-8)5-14-6-9(20(12,18)19)10(13-14)15(16)17/h1-4,6H,5H2,(H2,12,18,19). The van der Waals surface area contributed by atoms with Gasteiger partial charge in [0.15, 0.2) is 0 Å². The third-order valence-corrected chi connectivity index (χ3v) is 4.07. The monoisotopic (exact) mass is 408 g/mol. The van der Waals surface area contributed by atoms with Gasteiger partial charge in [-0.3, -0.25) is 0 Å². The zero-order valence-corrected chi connectivity index (χ0v) is 12.9. The summed E-state index contributed by atoms with van der Waals surface area (Å²) >= 11 is 2.15. The molecule has 0 fully saturated rings. The van der Waals surface area contributed by atoms with Gasteiger partial charge >= 0.3 is 5.82 Å². The molecule has 2 rings (SSSR count). The minimum Gasteiger partial charge on any atom is -0.358 e. The van der Waals surface area contributed by atoms with E-state index in [1.165, 1.54) is 4.68 Å². The quantitative estimate of drug-likeness (QED) is 0.461. The summed E-state index contributed by atoms with van der Waals surface area (Å²) in [5.41, 5.74) is 0.837. The van der Waals surface area contributed by atoms with Gasteiger partial charge in [-0.1, -0.05) is 12.1 Å². The highest BCUT2D eigenvalue weighted by atomic mass is 127. The average molecular weight is 408 g/mol. The molecule has 1 aromatic heterocycles. The van der Waals surface area contributed by atoms with E-state index in [4.69, 9.17) is 5.14 Å². The molecule has 0 unspecified atom stereocenters. The van der Waals surface area contributed by atoms with Crippen LogP contribution in [0, 0.1) is 13.7 Å². The van der Waals surface area contributed by atoms with Crippen LogP contribution in [0.3, 0.4) is 0 Å². The van der Waals surface area contributed by atoms with Crippen LogP contribution < -0.4 is 5.14 Å². The molecule has 8 nitrogen and oxygen atoms in total. The average Bonchev–Trinajstić information content (AvgIpc) is 2.76. The molecule has 10 heteroatoms. The Labute approximate surface area is 127 Å². The van der Waals surface area contributed by atoms with E-state index in [0.717, 1.165) is 15.3 Å². The lowest BCUT2D eigenvalue weighted by molar-refractivity contribution is -0.392. The lowest BCUT2D eigenvalue weighted by atomic mass is 10.2. The Kier molecular flexibility index (Phi) is 4.06. The number of nitrogens with zero attached hydrogens (tertiary/aromatic N) is 3. The summed E-state index contributed by atoms with van der Waals surface area (Å²) in [6.45, 7) is 0.216. The molecule has 0 radical (unpaired) electrons.